The van der Waals surface area contributed by atoms with Crippen molar-refractivity contribution in [1.82, 2.24) is 4.90 Å². The summed E-state index contributed by atoms with van der Waals surface area (Å²) in [4.78, 5) is 2.25. The predicted octanol–water partition coefficient (Wildman–Crippen LogP) is 2.23. The van der Waals surface area contributed by atoms with Crippen LogP contribution in [0.25, 0.3) is 0 Å². The Balaban J connectivity index is 2.60. The Morgan fingerprint density at radius 1 is 1.50 bits per heavy atom. The fourth-order valence-electron chi connectivity index (χ4n) is 1.26. The van der Waals surface area contributed by atoms with Crippen LogP contribution in [0.2, 0.25) is 0 Å². The molecular weight excluding hydrogens is 240 g/mol. The third-order valence-corrected chi connectivity index (χ3v) is 2.91. The molecule has 3 heteroatoms. The molecule has 0 aliphatic carbocycles. The van der Waals surface area contributed by atoms with Gasteiger partial charge in [-0.05, 0) is 31.7 Å². The summed E-state index contributed by atoms with van der Waals surface area (Å²) in [5.41, 5.74) is 6.91. The molecule has 0 heterocycles. The van der Waals surface area contributed by atoms with Gasteiger partial charge < -0.3 is 5.73 Å². The summed E-state index contributed by atoms with van der Waals surface area (Å²) in [6.45, 7) is 3.78. The van der Waals surface area contributed by atoms with Crippen LogP contribution in [0.5, 0.6) is 0 Å². The summed E-state index contributed by atoms with van der Waals surface area (Å²) in [6.07, 6.45) is 0. The third kappa shape index (κ3) is 3.40. The molecule has 1 aromatic rings. The monoisotopic (exact) mass is 256 g/mol. The zero-order chi connectivity index (χ0) is 10.6. The third-order valence-electron chi connectivity index (χ3n) is 2.41. The number of halogens is 1. The Hall–Kier alpha value is -0.380. The van der Waals surface area contributed by atoms with Gasteiger partial charge in [0, 0.05) is 23.6 Å². The Kier molecular flexibility index (Phi) is 4.58. The van der Waals surface area contributed by atoms with Crippen molar-refractivity contribution >= 4 is 15.9 Å². The van der Waals surface area contributed by atoms with Crippen LogP contribution in [0.4, 0.5) is 0 Å². The maximum Gasteiger partial charge on any atom is 0.0234 e. The van der Waals surface area contributed by atoms with Gasteiger partial charge in [0.2, 0.25) is 0 Å². The molecule has 78 valence electrons. The van der Waals surface area contributed by atoms with Gasteiger partial charge in [-0.3, -0.25) is 4.90 Å². The minimum Gasteiger partial charge on any atom is -0.329 e. The summed E-state index contributed by atoms with van der Waals surface area (Å²) in [7, 11) is 2.10. The average molecular weight is 257 g/mol. The van der Waals surface area contributed by atoms with E-state index >= 15 is 0 Å². The standard InChI is InChI=1S/C11H17BrN2/c1-9(7-13)14(2)8-10-4-3-5-11(12)6-10/h3-6,9H,7-8,13H2,1-2H3. The number of benzene rings is 1. The van der Waals surface area contributed by atoms with Crippen molar-refractivity contribution in [2.45, 2.75) is 19.5 Å². The molecule has 1 unspecified atom stereocenters. The Morgan fingerprint density at radius 2 is 2.21 bits per heavy atom. The summed E-state index contributed by atoms with van der Waals surface area (Å²) in [6, 6.07) is 8.79. The van der Waals surface area contributed by atoms with Gasteiger partial charge in [-0.15, -0.1) is 0 Å². The minimum atomic E-state index is 0.425. The normalized spacial score (nSPS) is 13.2. The molecule has 0 saturated heterocycles. The largest absolute Gasteiger partial charge is 0.329 e. The molecule has 0 aromatic heterocycles. The molecule has 0 fully saturated rings. The van der Waals surface area contributed by atoms with Gasteiger partial charge in [0.25, 0.3) is 0 Å². The lowest BCUT2D eigenvalue weighted by molar-refractivity contribution is 0.255. The van der Waals surface area contributed by atoms with Crippen molar-refractivity contribution < 1.29 is 0 Å². The molecule has 0 bridgehead atoms. The highest BCUT2D eigenvalue weighted by molar-refractivity contribution is 9.10. The molecule has 0 aliphatic rings. The second-order valence-corrected chi connectivity index (χ2v) is 4.55. The molecule has 2 nitrogen and oxygen atoms in total. The summed E-state index contributed by atoms with van der Waals surface area (Å²) in [5.74, 6) is 0. The predicted molar refractivity (Wildman–Crippen MR) is 64.1 cm³/mol. The lowest BCUT2D eigenvalue weighted by Crippen LogP contribution is -2.34. The molecule has 1 rings (SSSR count). The average Bonchev–Trinajstić information content (AvgIpc) is 2.16. The van der Waals surface area contributed by atoms with Crippen LogP contribution in [-0.4, -0.2) is 24.5 Å². The van der Waals surface area contributed by atoms with Gasteiger partial charge in [0.05, 0.1) is 0 Å². The highest BCUT2D eigenvalue weighted by Crippen LogP contribution is 2.13. The molecule has 0 aliphatic heterocycles. The smallest absolute Gasteiger partial charge is 0.0234 e. The lowest BCUT2D eigenvalue weighted by atomic mass is 10.2. The fraction of sp³-hybridized carbons (Fsp3) is 0.455. The molecular formula is C11H17BrN2. The molecule has 14 heavy (non-hydrogen) atoms. The van der Waals surface area contributed by atoms with Gasteiger partial charge in [-0.1, -0.05) is 28.1 Å². The van der Waals surface area contributed by atoms with Crippen molar-refractivity contribution in [2.24, 2.45) is 5.73 Å². The molecule has 0 spiro atoms. The van der Waals surface area contributed by atoms with E-state index in [0.717, 1.165) is 11.0 Å². The molecule has 1 atom stereocenters. The maximum atomic E-state index is 5.61. The number of likely N-dealkylation sites (N-methyl/N-ethyl adjacent to an activating group) is 1. The van der Waals surface area contributed by atoms with Crippen molar-refractivity contribution in [3.63, 3.8) is 0 Å². The van der Waals surface area contributed by atoms with Crippen LogP contribution in [0.3, 0.4) is 0 Å². The van der Waals surface area contributed by atoms with Crippen LogP contribution < -0.4 is 5.73 Å². The lowest BCUT2D eigenvalue weighted by Gasteiger charge is -2.23. The van der Waals surface area contributed by atoms with E-state index in [0.29, 0.717) is 12.6 Å². The zero-order valence-electron chi connectivity index (χ0n) is 8.70. The summed E-state index contributed by atoms with van der Waals surface area (Å²) >= 11 is 3.46. The SMILES string of the molecule is CC(CN)N(C)Cc1cccc(Br)c1. The van der Waals surface area contributed by atoms with Crippen molar-refractivity contribution in [3.8, 4) is 0 Å². The Bertz CT molecular complexity index is 288. The van der Waals surface area contributed by atoms with E-state index in [1.807, 2.05) is 6.07 Å². The summed E-state index contributed by atoms with van der Waals surface area (Å²) in [5, 5.41) is 0. The van der Waals surface area contributed by atoms with Crippen molar-refractivity contribution in [2.75, 3.05) is 13.6 Å². The van der Waals surface area contributed by atoms with Crippen LogP contribution in [0.1, 0.15) is 12.5 Å². The molecule has 0 amide bonds. The van der Waals surface area contributed by atoms with Crippen LogP contribution in [0, 0.1) is 0 Å². The van der Waals surface area contributed by atoms with Crippen LogP contribution in [0.15, 0.2) is 28.7 Å². The van der Waals surface area contributed by atoms with Crippen LogP contribution in [-0.2, 0) is 6.54 Å². The highest BCUT2D eigenvalue weighted by Gasteiger charge is 2.07. The second-order valence-electron chi connectivity index (χ2n) is 3.63. The number of rotatable bonds is 4. The van der Waals surface area contributed by atoms with E-state index in [2.05, 4.69) is 53.0 Å². The van der Waals surface area contributed by atoms with E-state index in [-0.39, 0.29) is 0 Å². The van der Waals surface area contributed by atoms with Gasteiger partial charge in [-0.25, -0.2) is 0 Å². The highest BCUT2D eigenvalue weighted by atomic mass is 79.9. The zero-order valence-corrected chi connectivity index (χ0v) is 10.3. The van der Waals surface area contributed by atoms with E-state index in [1.54, 1.807) is 0 Å². The van der Waals surface area contributed by atoms with Gasteiger partial charge in [-0.2, -0.15) is 0 Å². The maximum absolute atomic E-state index is 5.61. The van der Waals surface area contributed by atoms with E-state index in [1.165, 1.54) is 5.56 Å². The quantitative estimate of drug-likeness (QED) is 0.896. The molecule has 0 radical (unpaired) electrons. The first kappa shape index (κ1) is 11.7. The number of hydrogen-bond donors (Lipinski definition) is 1. The van der Waals surface area contributed by atoms with E-state index in [9.17, 15) is 0 Å². The van der Waals surface area contributed by atoms with Crippen molar-refractivity contribution in [3.05, 3.63) is 34.3 Å². The Morgan fingerprint density at radius 3 is 2.79 bits per heavy atom. The minimum absolute atomic E-state index is 0.425. The molecule has 1 aromatic carbocycles. The second kappa shape index (κ2) is 5.49. The fourth-order valence-corrected chi connectivity index (χ4v) is 1.71. The first-order valence-corrected chi connectivity index (χ1v) is 5.57. The van der Waals surface area contributed by atoms with Crippen molar-refractivity contribution in [1.29, 1.82) is 0 Å². The van der Waals surface area contributed by atoms with Crippen LogP contribution >= 0.6 is 15.9 Å². The topological polar surface area (TPSA) is 29.3 Å². The number of nitrogens with zero attached hydrogens (tertiary/aromatic N) is 1. The van der Waals surface area contributed by atoms with E-state index < -0.39 is 0 Å². The molecule has 2 N–H and O–H groups in total. The molecule has 0 saturated carbocycles. The number of nitrogens with two attached hydrogens (primary N) is 1. The Labute approximate surface area is 94.2 Å². The van der Waals surface area contributed by atoms with Gasteiger partial charge in [0.15, 0.2) is 0 Å². The number of hydrogen-bond acceptors (Lipinski definition) is 2. The van der Waals surface area contributed by atoms with E-state index in [4.69, 9.17) is 5.73 Å². The first-order valence-electron chi connectivity index (χ1n) is 4.78. The first-order chi connectivity index (χ1) is 6.63. The van der Waals surface area contributed by atoms with Gasteiger partial charge in [0.1, 0.15) is 0 Å². The summed E-state index contributed by atoms with van der Waals surface area (Å²) < 4.78 is 1.13. The van der Waals surface area contributed by atoms with Gasteiger partial charge >= 0.3 is 0 Å².